The van der Waals surface area contributed by atoms with Crippen LogP contribution in [0, 0.1) is 5.92 Å². The highest BCUT2D eigenvalue weighted by Gasteiger charge is 2.29. The van der Waals surface area contributed by atoms with Gasteiger partial charge < -0.3 is 20.7 Å². The van der Waals surface area contributed by atoms with Crippen molar-refractivity contribution in [2.75, 3.05) is 13.1 Å². The molecule has 3 N–H and O–H groups in total. The molecule has 0 aromatic heterocycles. The molecule has 23 heavy (non-hydrogen) atoms. The Labute approximate surface area is 137 Å². The van der Waals surface area contributed by atoms with Crippen molar-refractivity contribution < 1.29 is 14.3 Å². The van der Waals surface area contributed by atoms with Crippen LogP contribution in [0.5, 0.6) is 0 Å². The smallest absolute Gasteiger partial charge is 0.410 e. The van der Waals surface area contributed by atoms with E-state index in [0.29, 0.717) is 13.1 Å². The molecule has 0 radical (unpaired) electrons. The van der Waals surface area contributed by atoms with Gasteiger partial charge in [0.2, 0.25) is 5.91 Å². The zero-order valence-electron chi connectivity index (χ0n) is 13.7. The second-order valence-corrected chi connectivity index (χ2v) is 6.25. The van der Waals surface area contributed by atoms with E-state index in [-0.39, 0.29) is 30.6 Å². The van der Waals surface area contributed by atoms with Gasteiger partial charge in [0.25, 0.3) is 0 Å². The molecule has 6 nitrogen and oxygen atoms in total. The maximum Gasteiger partial charge on any atom is 0.410 e. The minimum atomic E-state index is -0.519. The van der Waals surface area contributed by atoms with E-state index < -0.39 is 6.04 Å². The average Bonchev–Trinajstić information content (AvgIpc) is 3.01. The minimum absolute atomic E-state index is 0.0587. The Morgan fingerprint density at radius 3 is 2.70 bits per heavy atom. The van der Waals surface area contributed by atoms with E-state index in [1.54, 1.807) is 4.90 Å². The Bertz CT molecular complexity index is 533. The van der Waals surface area contributed by atoms with Gasteiger partial charge in [-0.05, 0) is 17.9 Å². The lowest BCUT2D eigenvalue weighted by atomic mass is 10.0. The van der Waals surface area contributed by atoms with E-state index in [1.165, 1.54) is 0 Å². The Balaban J connectivity index is 1.76. The Morgan fingerprint density at radius 2 is 2.04 bits per heavy atom. The number of ether oxygens (including phenoxy) is 1. The van der Waals surface area contributed by atoms with Crippen molar-refractivity contribution in [1.82, 2.24) is 10.2 Å². The van der Waals surface area contributed by atoms with Gasteiger partial charge in [-0.3, -0.25) is 4.79 Å². The molecule has 2 rings (SSSR count). The van der Waals surface area contributed by atoms with Gasteiger partial charge in [0.15, 0.2) is 0 Å². The van der Waals surface area contributed by atoms with Crippen LogP contribution in [0.4, 0.5) is 4.79 Å². The molecule has 2 amide bonds. The van der Waals surface area contributed by atoms with Crippen LogP contribution in [-0.2, 0) is 16.1 Å². The molecule has 0 aliphatic carbocycles. The molecule has 6 heteroatoms. The predicted octanol–water partition coefficient (Wildman–Crippen LogP) is 1.50. The van der Waals surface area contributed by atoms with Crippen molar-refractivity contribution in [2.45, 2.75) is 39.0 Å². The Kier molecular flexibility index (Phi) is 5.98. The van der Waals surface area contributed by atoms with E-state index in [1.807, 2.05) is 44.2 Å². The molecule has 1 saturated heterocycles. The second kappa shape index (κ2) is 7.97. The number of nitrogens with two attached hydrogens (primary N) is 1. The standard InChI is InChI=1S/C17H25N3O3/c1-12(2)15(18)16(21)19-14-8-9-20(10-14)17(22)23-11-13-6-4-3-5-7-13/h3-7,12,14-15H,8-11,18H2,1-2H3,(H,19,21)/t14?,15-/m0/s1. The largest absolute Gasteiger partial charge is 0.445 e. The fraction of sp³-hybridized carbons (Fsp3) is 0.529. The molecule has 1 fully saturated rings. The zero-order valence-corrected chi connectivity index (χ0v) is 13.7. The number of nitrogens with zero attached hydrogens (tertiary/aromatic N) is 1. The second-order valence-electron chi connectivity index (χ2n) is 6.25. The maximum atomic E-state index is 12.1. The van der Waals surface area contributed by atoms with Gasteiger partial charge in [0, 0.05) is 19.1 Å². The molecule has 0 bridgehead atoms. The summed E-state index contributed by atoms with van der Waals surface area (Å²) < 4.78 is 5.30. The molecule has 1 aromatic carbocycles. The van der Waals surface area contributed by atoms with Crippen LogP contribution < -0.4 is 11.1 Å². The molecule has 1 heterocycles. The number of likely N-dealkylation sites (tertiary alicyclic amines) is 1. The number of benzene rings is 1. The first-order chi connectivity index (χ1) is 11.0. The van der Waals surface area contributed by atoms with Crippen LogP contribution in [0.1, 0.15) is 25.8 Å². The molecular weight excluding hydrogens is 294 g/mol. The Morgan fingerprint density at radius 1 is 1.35 bits per heavy atom. The summed E-state index contributed by atoms with van der Waals surface area (Å²) in [5.74, 6) is -0.0761. The molecule has 0 spiro atoms. The summed E-state index contributed by atoms with van der Waals surface area (Å²) in [7, 11) is 0. The van der Waals surface area contributed by atoms with Crippen LogP contribution >= 0.6 is 0 Å². The summed E-state index contributed by atoms with van der Waals surface area (Å²) in [6, 6.07) is 8.97. The highest BCUT2D eigenvalue weighted by molar-refractivity contribution is 5.82. The first-order valence-corrected chi connectivity index (χ1v) is 7.99. The van der Waals surface area contributed by atoms with E-state index in [0.717, 1.165) is 12.0 Å². The summed E-state index contributed by atoms with van der Waals surface area (Å²) in [5.41, 5.74) is 6.78. The summed E-state index contributed by atoms with van der Waals surface area (Å²) in [6.45, 7) is 5.11. The number of rotatable bonds is 5. The van der Waals surface area contributed by atoms with Gasteiger partial charge in [-0.25, -0.2) is 4.79 Å². The zero-order chi connectivity index (χ0) is 16.8. The lowest BCUT2D eigenvalue weighted by Gasteiger charge is -2.20. The SMILES string of the molecule is CC(C)[C@H](N)C(=O)NC1CCN(C(=O)OCc2ccccc2)C1. The molecule has 1 unspecified atom stereocenters. The third kappa shape index (κ3) is 4.96. The summed E-state index contributed by atoms with van der Waals surface area (Å²) in [6.07, 6.45) is 0.371. The summed E-state index contributed by atoms with van der Waals surface area (Å²) >= 11 is 0. The van der Waals surface area contributed by atoms with Crippen LogP contribution in [0.15, 0.2) is 30.3 Å². The Hall–Kier alpha value is -2.08. The van der Waals surface area contributed by atoms with E-state index in [2.05, 4.69) is 5.32 Å². The van der Waals surface area contributed by atoms with Gasteiger partial charge in [-0.2, -0.15) is 0 Å². The fourth-order valence-electron chi connectivity index (χ4n) is 2.45. The third-order valence-electron chi connectivity index (χ3n) is 4.02. The normalized spacial score (nSPS) is 18.8. The monoisotopic (exact) mass is 319 g/mol. The van der Waals surface area contributed by atoms with Crippen molar-refractivity contribution in [3.8, 4) is 0 Å². The van der Waals surface area contributed by atoms with Crippen molar-refractivity contribution in [1.29, 1.82) is 0 Å². The van der Waals surface area contributed by atoms with Gasteiger partial charge in [-0.1, -0.05) is 44.2 Å². The number of hydrogen-bond acceptors (Lipinski definition) is 4. The third-order valence-corrected chi connectivity index (χ3v) is 4.02. The molecule has 1 aliphatic heterocycles. The van der Waals surface area contributed by atoms with Gasteiger partial charge in [0.05, 0.1) is 6.04 Å². The molecule has 126 valence electrons. The fourth-order valence-corrected chi connectivity index (χ4v) is 2.45. The van der Waals surface area contributed by atoms with Gasteiger partial charge >= 0.3 is 6.09 Å². The number of nitrogens with one attached hydrogen (secondary N) is 1. The van der Waals surface area contributed by atoms with Gasteiger partial charge in [-0.15, -0.1) is 0 Å². The van der Waals surface area contributed by atoms with Gasteiger partial charge in [0.1, 0.15) is 6.61 Å². The van der Waals surface area contributed by atoms with Crippen molar-refractivity contribution in [2.24, 2.45) is 11.7 Å². The lowest BCUT2D eigenvalue weighted by molar-refractivity contribution is -0.123. The van der Waals surface area contributed by atoms with E-state index in [9.17, 15) is 9.59 Å². The summed E-state index contributed by atoms with van der Waals surface area (Å²) in [5, 5.41) is 2.91. The van der Waals surface area contributed by atoms with Crippen molar-refractivity contribution in [3.63, 3.8) is 0 Å². The number of hydrogen-bond donors (Lipinski definition) is 2. The molecule has 1 aliphatic rings. The number of amides is 2. The topological polar surface area (TPSA) is 84.7 Å². The van der Waals surface area contributed by atoms with Crippen LogP contribution in [0.2, 0.25) is 0 Å². The quantitative estimate of drug-likeness (QED) is 0.861. The first-order valence-electron chi connectivity index (χ1n) is 7.99. The van der Waals surface area contributed by atoms with E-state index in [4.69, 9.17) is 10.5 Å². The lowest BCUT2D eigenvalue weighted by Crippen LogP contribution is -2.48. The van der Waals surface area contributed by atoms with Crippen LogP contribution in [0.3, 0.4) is 0 Å². The predicted molar refractivity (Wildman–Crippen MR) is 87.6 cm³/mol. The average molecular weight is 319 g/mol. The highest BCUT2D eigenvalue weighted by atomic mass is 16.6. The van der Waals surface area contributed by atoms with Crippen molar-refractivity contribution >= 4 is 12.0 Å². The maximum absolute atomic E-state index is 12.1. The summed E-state index contributed by atoms with van der Waals surface area (Å²) in [4.78, 5) is 25.6. The molecule has 2 atom stereocenters. The molecule has 0 saturated carbocycles. The molecular formula is C17H25N3O3. The number of carbonyl (C=O) groups excluding carboxylic acids is 2. The van der Waals surface area contributed by atoms with E-state index >= 15 is 0 Å². The molecule has 1 aromatic rings. The van der Waals surface area contributed by atoms with Crippen LogP contribution in [0.25, 0.3) is 0 Å². The van der Waals surface area contributed by atoms with Crippen LogP contribution in [-0.4, -0.2) is 42.1 Å². The minimum Gasteiger partial charge on any atom is -0.445 e. The van der Waals surface area contributed by atoms with Crippen molar-refractivity contribution in [3.05, 3.63) is 35.9 Å². The highest BCUT2D eigenvalue weighted by Crippen LogP contribution is 2.12. The number of carbonyl (C=O) groups is 2. The first kappa shape index (κ1) is 17.3.